The van der Waals surface area contributed by atoms with E-state index in [0.717, 1.165) is 31.2 Å². The summed E-state index contributed by atoms with van der Waals surface area (Å²) in [4.78, 5) is 0. The Morgan fingerprint density at radius 2 is 1.55 bits per heavy atom. The molecule has 0 fully saturated rings. The van der Waals surface area contributed by atoms with Crippen LogP contribution in [0.1, 0.15) is 45.1 Å². The average Bonchev–Trinajstić information content (AvgIpc) is 2.49. The second-order valence-corrected chi connectivity index (χ2v) is 7.11. The van der Waals surface area contributed by atoms with E-state index in [1.807, 2.05) is 30.3 Å². The zero-order valence-corrected chi connectivity index (χ0v) is 15.3. The Hall–Kier alpha value is -0.380. The molecule has 0 aliphatic heterocycles. The third kappa shape index (κ3) is 9.60. The molecule has 128 valence electrons. The highest BCUT2D eigenvalue weighted by molar-refractivity contribution is 7.53. The van der Waals surface area contributed by atoms with Crippen LogP contribution in [-0.4, -0.2) is 19.5 Å². The molecular formula is C16H29ClNO3P. The standard InChI is InChI=1S/C16H28NO3P.ClH/c1-3-5-12-19-21(18,20-13-6-4-2)15-17-14-16-10-8-7-9-11-16;/h7-11,17H,3-6,12-15H2,1-2H3;1H. The fourth-order valence-corrected chi connectivity index (χ4v) is 3.21. The number of nitrogens with one attached hydrogen (secondary N) is 1. The van der Waals surface area contributed by atoms with Gasteiger partial charge in [0.2, 0.25) is 0 Å². The van der Waals surface area contributed by atoms with Gasteiger partial charge >= 0.3 is 7.60 Å². The Kier molecular flexibility index (Phi) is 12.9. The number of benzene rings is 1. The van der Waals surface area contributed by atoms with Crippen LogP contribution in [-0.2, 0) is 20.2 Å². The normalized spacial score (nSPS) is 11.2. The molecule has 0 amide bonds. The van der Waals surface area contributed by atoms with E-state index < -0.39 is 7.60 Å². The maximum atomic E-state index is 12.6. The van der Waals surface area contributed by atoms with Crippen molar-refractivity contribution >= 4 is 20.0 Å². The van der Waals surface area contributed by atoms with E-state index in [0.29, 0.717) is 19.8 Å². The van der Waals surface area contributed by atoms with E-state index in [4.69, 9.17) is 9.05 Å². The highest BCUT2D eigenvalue weighted by atomic mass is 35.5. The van der Waals surface area contributed by atoms with E-state index in [-0.39, 0.29) is 18.7 Å². The van der Waals surface area contributed by atoms with Gasteiger partial charge < -0.3 is 14.4 Å². The van der Waals surface area contributed by atoms with E-state index in [2.05, 4.69) is 19.2 Å². The van der Waals surface area contributed by atoms with Crippen LogP contribution in [0.15, 0.2) is 30.3 Å². The van der Waals surface area contributed by atoms with Gasteiger partial charge in [0.05, 0.1) is 19.5 Å². The summed E-state index contributed by atoms with van der Waals surface area (Å²) >= 11 is 0. The maximum absolute atomic E-state index is 12.6. The summed E-state index contributed by atoms with van der Waals surface area (Å²) in [6, 6.07) is 10.0. The summed E-state index contributed by atoms with van der Waals surface area (Å²) in [5, 5.41) is 3.18. The topological polar surface area (TPSA) is 47.6 Å². The van der Waals surface area contributed by atoms with Gasteiger partial charge in [-0.2, -0.15) is 0 Å². The Labute approximate surface area is 140 Å². The third-order valence-electron chi connectivity index (χ3n) is 3.05. The smallest absolute Gasteiger partial charge is 0.308 e. The molecule has 0 aliphatic rings. The Bertz CT molecular complexity index is 403. The minimum atomic E-state index is -3.03. The van der Waals surface area contributed by atoms with Gasteiger partial charge in [0, 0.05) is 6.54 Å². The fourth-order valence-electron chi connectivity index (χ4n) is 1.76. The first-order chi connectivity index (χ1) is 10.2. The molecule has 4 nitrogen and oxygen atoms in total. The molecule has 22 heavy (non-hydrogen) atoms. The van der Waals surface area contributed by atoms with Crippen molar-refractivity contribution < 1.29 is 13.6 Å². The molecule has 0 heterocycles. The summed E-state index contributed by atoms with van der Waals surface area (Å²) in [5.41, 5.74) is 1.16. The molecule has 0 saturated carbocycles. The fraction of sp³-hybridized carbons (Fsp3) is 0.625. The molecule has 0 aromatic heterocycles. The largest absolute Gasteiger partial charge is 0.344 e. The first kappa shape index (κ1) is 21.6. The number of hydrogen-bond donors (Lipinski definition) is 1. The molecule has 1 rings (SSSR count). The lowest BCUT2D eigenvalue weighted by Gasteiger charge is -2.19. The van der Waals surface area contributed by atoms with Gasteiger partial charge in [0.1, 0.15) is 0 Å². The Morgan fingerprint density at radius 1 is 1.00 bits per heavy atom. The molecule has 0 radical (unpaired) electrons. The monoisotopic (exact) mass is 349 g/mol. The van der Waals surface area contributed by atoms with Gasteiger partial charge in [-0.1, -0.05) is 57.0 Å². The van der Waals surface area contributed by atoms with Gasteiger partial charge in [-0.05, 0) is 18.4 Å². The van der Waals surface area contributed by atoms with Gasteiger partial charge in [0.25, 0.3) is 0 Å². The molecule has 0 saturated heterocycles. The second kappa shape index (κ2) is 13.1. The van der Waals surface area contributed by atoms with Crippen LogP contribution < -0.4 is 5.32 Å². The highest BCUT2D eigenvalue weighted by Crippen LogP contribution is 2.47. The molecule has 1 aromatic rings. The van der Waals surface area contributed by atoms with Crippen molar-refractivity contribution in [3.8, 4) is 0 Å². The minimum absolute atomic E-state index is 0. The zero-order chi connectivity index (χ0) is 15.4. The lowest BCUT2D eigenvalue weighted by molar-refractivity contribution is 0.198. The van der Waals surface area contributed by atoms with E-state index in [9.17, 15) is 4.57 Å². The van der Waals surface area contributed by atoms with Crippen LogP contribution in [0, 0.1) is 0 Å². The van der Waals surface area contributed by atoms with Crippen LogP contribution in [0.4, 0.5) is 0 Å². The average molecular weight is 350 g/mol. The van der Waals surface area contributed by atoms with Crippen molar-refractivity contribution in [1.29, 1.82) is 0 Å². The quantitative estimate of drug-likeness (QED) is 0.427. The number of halogens is 1. The maximum Gasteiger partial charge on any atom is 0.344 e. The molecule has 0 atom stereocenters. The first-order valence-corrected chi connectivity index (χ1v) is 9.55. The lowest BCUT2D eigenvalue weighted by Crippen LogP contribution is -2.18. The van der Waals surface area contributed by atoms with Crippen molar-refractivity contribution in [1.82, 2.24) is 5.32 Å². The molecule has 1 N–H and O–H groups in total. The predicted octanol–water partition coefficient (Wildman–Crippen LogP) is 4.98. The van der Waals surface area contributed by atoms with Gasteiger partial charge in [-0.3, -0.25) is 4.57 Å². The van der Waals surface area contributed by atoms with Crippen LogP contribution >= 0.6 is 20.0 Å². The molecular weight excluding hydrogens is 321 g/mol. The molecule has 1 aromatic carbocycles. The van der Waals surface area contributed by atoms with Crippen LogP contribution in [0.2, 0.25) is 0 Å². The SMILES string of the molecule is CCCCOP(=O)(CNCc1ccccc1)OCCCC.Cl. The highest BCUT2D eigenvalue weighted by Gasteiger charge is 2.23. The van der Waals surface area contributed by atoms with Crippen molar-refractivity contribution in [3.63, 3.8) is 0 Å². The van der Waals surface area contributed by atoms with Crippen molar-refractivity contribution in [2.75, 3.05) is 19.5 Å². The molecule has 0 spiro atoms. The van der Waals surface area contributed by atoms with Crippen molar-refractivity contribution in [2.24, 2.45) is 0 Å². The first-order valence-electron chi connectivity index (χ1n) is 7.83. The zero-order valence-electron chi connectivity index (χ0n) is 13.6. The Balaban J connectivity index is 0.00000441. The van der Waals surface area contributed by atoms with Crippen molar-refractivity contribution in [2.45, 2.75) is 46.1 Å². The molecule has 0 bridgehead atoms. The molecule has 0 unspecified atom stereocenters. The second-order valence-electron chi connectivity index (χ2n) is 5.05. The van der Waals surface area contributed by atoms with Crippen molar-refractivity contribution in [3.05, 3.63) is 35.9 Å². The summed E-state index contributed by atoms with van der Waals surface area (Å²) in [7, 11) is -3.03. The van der Waals surface area contributed by atoms with Crippen LogP contribution in [0.3, 0.4) is 0 Å². The van der Waals surface area contributed by atoms with Gasteiger partial charge in [0.15, 0.2) is 0 Å². The third-order valence-corrected chi connectivity index (χ3v) is 4.81. The predicted molar refractivity (Wildman–Crippen MR) is 94.7 cm³/mol. The van der Waals surface area contributed by atoms with Crippen LogP contribution in [0.5, 0.6) is 0 Å². The van der Waals surface area contributed by atoms with E-state index >= 15 is 0 Å². The number of unbranched alkanes of at least 4 members (excludes halogenated alkanes) is 2. The van der Waals surface area contributed by atoms with Gasteiger partial charge in [-0.15, -0.1) is 12.4 Å². The summed E-state index contributed by atoms with van der Waals surface area (Å²) in [6.45, 7) is 5.82. The minimum Gasteiger partial charge on any atom is -0.308 e. The van der Waals surface area contributed by atoms with E-state index in [1.165, 1.54) is 0 Å². The number of rotatable bonds is 12. The molecule has 0 aliphatic carbocycles. The summed E-state index contributed by atoms with van der Waals surface area (Å²) in [6.07, 6.45) is 4.10. The number of hydrogen-bond acceptors (Lipinski definition) is 4. The Morgan fingerprint density at radius 3 is 2.05 bits per heavy atom. The van der Waals surface area contributed by atoms with E-state index in [1.54, 1.807) is 0 Å². The lowest BCUT2D eigenvalue weighted by atomic mass is 10.2. The molecule has 6 heteroatoms. The summed E-state index contributed by atoms with van der Waals surface area (Å²) in [5.74, 6) is 0. The van der Waals surface area contributed by atoms with Crippen LogP contribution in [0.25, 0.3) is 0 Å². The summed E-state index contributed by atoms with van der Waals surface area (Å²) < 4.78 is 23.7. The van der Waals surface area contributed by atoms with Gasteiger partial charge in [-0.25, -0.2) is 0 Å².